The third-order valence-electron chi connectivity index (χ3n) is 6.65. The number of rotatable bonds is 3. The topological polar surface area (TPSA) is 38.8 Å². The van der Waals surface area contributed by atoms with Crippen molar-refractivity contribution in [1.82, 2.24) is 0 Å². The number of benzene rings is 2. The van der Waals surface area contributed by atoms with E-state index in [9.17, 15) is 22.4 Å². The molecule has 0 aromatic heterocycles. The lowest BCUT2D eigenvalue weighted by Gasteiger charge is -2.32. The van der Waals surface area contributed by atoms with Gasteiger partial charge in [-0.15, -0.1) is 0 Å². The van der Waals surface area contributed by atoms with Gasteiger partial charge < -0.3 is 14.2 Å². The molecule has 4 nitrogen and oxygen atoms in total. The SMILES string of the molecule is CC1(C)OB(c2ccc3c(c2F)CCN3C(=O)Cc2cc(C(F)(F)F)ccc2F)OC1(C)C. The first kappa shape index (κ1) is 23.7. The summed E-state index contributed by atoms with van der Waals surface area (Å²) in [4.78, 5) is 14.1. The van der Waals surface area contributed by atoms with E-state index in [1.807, 2.05) is 27.7 Å². The largest absolute Gasteiger partial charge is 0.497 e. The Labute approximate surface area is 188 Å². The molecule has 0 spiro atoms. The highest BCUT2D eigenvalue weighted by molar-refractivity contribution is 6.62. The van der Waals surface area contributed by atoms with Gasteiger partial charge in [-0.05, 0) is 63.9 Å². The predicted molar refractivity (Wildman–Crippen MR) is 113 cm³/mol. The van der Waals surface area contributed by atoms with E-state index in [1.165, 1.54) is 11.0 Å². The van der Waals surface area contributed by atoms with Gasteiger partial charge in [0.25, 0.3) is 0 Å². The molecule has 0 saturated carbocycles. The first-order valence-electron chi connectivity index (χ1n) is 10.5. The predicted octanol–water partition coefficient (Wildman–Crippen LogP) is 4.41. The number of amides is 1. The Morgan fingerprint density at radius 3 is 2.30 bits per heavy atom. The van der Waals surface area contributed by atoms with Crippen LogP contribution >= 0.6 is 0 Å². The van der Waals surface area contributed by atoms with E-state index in [2.05, 4.69) is 0 Å². The zero-order valence-corrected chi connectivity index (χ0v) is 18.6. The van der Waals surface area contributed by atoms with Crippen molar-refractivity contribution in [1.29, 1.82) is 0 Å². The molecule has 0 radical (unpaired) electrons. The standard InChI is InChI=1S/C23H23BF5NO3/c1-21(2)22(3,4)33-24(32-21)16-6-8-18-15(20(16)26)9-10-30(18)19(31)12-13-11-14(23(27,28)29)5-7-17(13)25/h5-8,11H,9-10,12H2,1-4H3. The molecule has 2 aromatic rings. The van der Waals surface area contributed by atoms with Crippen molar-refractivity contribution >= 4 is 24.2 Å². The summed E-state index contributed by atoms with van der Waals surface area (Å²) in [6.45, 7) is 7.55. The van der Waals surface area contributed by atoms with E-state index in [0.717, 1.165) is 0 Å². The minimum absolute atomic E-state index is 0.137. The number of carbonyl (C=O) groups is 1. The molecule has 10 heteroatoms. The Morgan fingerprint density at radius 1 is 1.06 bits per heavy atom. The van der Waals surface area contributed by atoms with Crippen molar-refractivity contribution in [2.24, 2.45) is 0 Å². The van der Waals surface area contributed by atoms with Crippen LogP contribution in [0.25, 0.3) is 0 Å². The van der Waals surface area contributed by atoms with Crippen LogP contribution in [0, 0.1) is 11.6 Å². The van der Waals surface area contributed by atoms with E-state index >= 15 is 4.39 Å². The van der Waals surface area contributed by atoms with Crippen LogP contribution in [0.3, 0.4) is 0 Å². The number of nitrogens with zero attached hydrogens (tertiary/aromatic N) is 1. The molecule has 2 aliphatic rings. The first-order valence-corrected chi connectivity index (χ1v) is 10.5. The van der Waals surface area contributed by atoms with Crippen molar-refractivity contribution in [3.05, 3.63) is 58.7 Å². The van der Waals surface area contributed by atoms with Crippen LogP contribution in [0.5, 0.6) is 0 Å². The minimum atomic E-state index is -4.65. The molecule has 1 saturated heterocycles. The highest BCUT2D eigenvalue weighted by Crippen LogP contribution is 2.38. The third-order valence-corrected chi connectivity index (χ3v) is 6.65. The summed E-state index contributed by atoms with van der Waals surface area (Å²) >= 11 is 0. The summed E-state index contributed by atoms with van der Waals surface area (Å²) in [5.74, 6) is -2.07. The van der Waals surface area contributed by atoms with Gasteiger partial charge in [-0.1, -0.05) is 6.07 Å². The molecule has 2 heterocycles. The first-order chi connectivity index (χ1) is 15.2. The Kier molecular flexibility index (Phi) is 5.60. The minimum Gasteiger partial charge on any atom is -0.399 e. The fourth-order valence-corrected chi connectivity index (χ4v) is 4.02. The van der Waals surface area contributed by atoms with Crippen LogP contribution in [-0.2, 0) is 33.1 Å². The van der Waals surface area contributed by atoms with Crippen LogP contribution in [0.15, 0.2) is 30.3 Å². The summed E-state index contributed by atoms with van der Waals surface area (Å²) in [7, 11) is -0.913. The van der Waals surface area contributed by atoms with Gasteiger partial charge in [0.05, 0.1) is 23.2 Å². The van der Waals surface area contributed by atoms with Crippen molar-refractivity contribution in [2.75, 3.05) is 11.4 Å². The van der Waals surface area contributed by atoms with Gasteiger partial charge >= 0.3 is 13.3 Å². The van der Waals surface area contributed by atoms with Crippen LogP contribution in [0.4, 0.5) is 27.6 Å². The Hall–Kier alpha value is -2.46. The third kappa shape index (κ3) is 4.14. The second-order valence-corrected chi connectivity index (χ2v) is 9.33. The number of alkyl halides is 3. The van der Waals surface area contributed by atoms with Crippen LogP contribution in [-0.4, -0.2) is 30.8 Å². The summed E-state index contributed by atoms with van der Waals surface area (Å²) in [5.41, 5.74) is -1.89. The van der Waals surface area contributed by atoms with Crippen LogP contribution in [0.1, 0.15) is 44.4 Å². The molecule has 0 atom stereocenters. The van der Waals surface area contributed by atoms with Gasteiger partial charge in [0.1, 0.15) is 11.6 Å². The van der Waals surface area contributed by atoms with Crippen molar-refractivity contribution in [2.45, 2.75) is 57.9 Å². The second-order valence-electron chi connectivity index (χ2n) is 9.33. The molecule has 176 valence electrons. The molecule has 2 aromatic carbocycles. The van der Waals surface area contributed by atoms with Crippen LogP contribution < -0.4 is 10.4 Å². The zero-order chi connectivity index (χ0) is 24.3. The molecular formula is C23H23BF5NO3. The van der Waals surface area contributed by atoms with E-state index in [1.54, 1.807) is 6.07 Å². The molecule has 0 unspecified atom stereocenters. The molecular weight excluding hydrogens is 444 g/mol. The number of hydrogen-bond donors (Lipinski definition) is 0. The van der Waals surface area contributed by atoms with Crippen LogP contribution in [0.2, 0.25) is 0 Å². The normalized spacial score (nSPS) is 19.2. The average molecular weight is 467 g/mol. The smallest absolute Gasteiger partial charge is 0.399 e. The summed E-state index contributed by atoms with van der Waals surface area (Å²) < 4.78 is 80.2. The van der Waals surface area contributed by atoms with Gasteiger partial charge in [0.2, 0.25) is 5.91 Å². The Balaban J connectivity index is 1.58. The molecule has 1 fully saturated rings. The second kappa shape index (κ2) is 7.80. The fourth-order valence-electron chi connectivity index (χ4n) is 4.02. The molecule has 0 N–H and O–H groups in total. The highest BCUT2D eigenvalue weighted by Gasteiger charge is 2.52. The van der Waals surface area contributed by atoms with Crippen molar-refractivity contribution in [3.8, 4) is 0 Å². The Morgan fingerprint density at radius 2 is 1.70 bits per heavy atom. The fraction of sp³-hybridized carbons (Fsp3) is 0.435. The number of anilines is 1. The molecule has 33 heavy (non-hydrogen) atoms. The van der Waals surface area contributed by atoms with Gasteiger partial charge in [0.15, 0.2) is 0 Å². The van der Waals surface area contributed by atoms with Gasteiger partial charge in [-0.2, -0.15) is 13.2 Å². The van der Waals surface area contributed by atoms with Crippen molar-refractivity contribution in [3.63, 3.8) is 0 Å². The molecule has 0 aliphatic carbocycles. The van der Waals surface area contributed by atoms with Gasteiger partial charge in [-0.3, -0.25) is 4.79 Å². The maximum absolute atomic E-state index is 15.4. The lowest BCUT2D eigenvalue weighted by molar-refractivity contribution is -0.137. The van der Waals surface area contributed by atoms with E-state index < -0.39 is 54.0 Å². The number of halogens is 5. The lowest BCUT2D eigenvalue weighted by Crippen LogP contribution is -2.41. The number of fused-ring (bicyclic) bond motifs is 1. The van der Waals surface area contributed by atoms with Gasteiger partial charge in [0, 0.05) is 23.3 Å². The Bertz CT molecular complexity index is 1100. The quantitative estimate of drug-likeness (QED) is 0.496. The molecule has 4 rings (SSSR count). The molecule has 2 aliphatic heterocycles. The summed E-state index contributed by atoms with van der Waals surface area (Å²) in [5, 5.41) is 0. The molecule has 1 amide bonds. The van der Waals surface area contributed by atoms with Crippen molar-refractivity contribution < 1.29 is 36.1 Å². The monoisotopic (exact) mass is 467 g/mol. The number of carbonyl (C=O) groups excluding carboxylic acids is 1. The number of hydrogen-bond acceptors (Lipinski definition) is 3. The lowest BCUT2D eigenvalue weighted by atomic mass is 9.77. The zero-order valence-electron chi connectivity index (χ0n) is 18.6. The molecule has 0 bridgehead atoms. The van der Waals surface area contributed by atoms with E-state index in [-0.39, 0.29) is 24.0 Å². The van der Waals surface area contributed by atoms with E-state index in [4.69, 9.17) is 9.31 Å². The van der Waals surface area contributed by atoms with Gasteiger partial charge in [-0.25, -0.2) is 8.78 Å². The highest BCUT2D eigenvalue weighted by atomic mass is 19.4. The van der Waals surface area contributed by atoms with E-state index in [0.29, 0.717) is 29.4 Å². The summed E-state index contributed by atoms with van der Waals surface area (Å²) in [6, 6.07) is 4.99. The summed E-state index contributed by atoms with van der Waals surface area (Å²) in [6.07, 6.45) is -5.01. The average Bonchev–Trinajstić information content (AvgIpc) is 3.21. The maximum Gasteiger partial charge on any atom is 0.497 e. The maximum atomic E-state index is 15.4.